The van der Waals surface area contributed by atoms with Crippen LogP contribution in [0.25, 0.3) is 0 Å². The lowest BCUT2D eigenvalue weighted by Crippen LogP contribution is -2.38. The van der Waals surface area contributed by atoms with E-state index in [4.69, 9.17) is 4.42 Å². The maximum atomic E-state index is 12.3. The second-order valence-corrected chi connectivity index (χ2v) is 8.02. The van der Waals surface area contributed by atoms with E-state index in [1.54, 1.807) is 38.1 Å². The monoisotopic (exact) mass is 366 g/mol. The van der Waals surface area contributed by atoms with Gasteiger partial charge in [0.15, 0.2) is 0 Å². The van der Waals surface area contributed by atoms with Gasteiger partial charge in [-0.3, -0.25) is 9.52 Å². The molecule has 8 heteroatoms. The van der Waals surface area contributed by atoms with Crippen LogP contribution in [0.4, 0.5) is 5.69 Å². The number of furan rings is 1. The van der Waals surface area contributed by atoms with Crippen LogP contribution in [0.2, 0.25) is 0 Å². The zero-order valence-electron chi connectivity index (χ0n) is 14.6. The zero-order valence-corrected chi connectivity index (χ0v) is 15.4. The number of nitrogens with one attached hydrogen (secondary N) is 2. The van der Waals surface area contributed by atoms with E-state index in [-0.39, 0.29) is 12.1 Å². The van der Waals surface area contributed by atoms with E-state index in [2.05, 4.69) is 10.0 Å². The Kier molecular flexibility index (Phi) is 5.24. The Morgan fingerprint density at radius 3 is 2.48 bits per heavy atom. The van der Waals surface area contributed by atoms with Crippen molar-refractivity contribution in [2.45, 2.75) is 26.4 Å². The van der Waals surface area contributed by atoms with Crippen LogP contribution in [0.5, 0.6) is 0 Å². The Morgan fingerprint density at radius 2 is 1.92 bits per heavy atom. The van der Waals surface area contributed by atoms with E-state index in [0.29, 0.717) is 22.8 Å². The molecule has 0 aliphatic heterocycles. The van der Waals surface area contributed by atoms with Crippen molar-refractivity contribution < 1.29 is 22.7 Å². The lowest BCUT2D eigenvalue weighted by molar-refractivity contribution is 0.0323. The summed E-state index contributed by atoms with van der Waals surface area (Å²) in [5.74, 6) is 0.588. The molecule has 0 aliphatic carbocycles. The number of anilines is 1. The number of carbonyl (C=O) groups is 1. The Morgan fingerprint density at radius 1 is 1.24 bits per heavy atom. The van der Waals surface area contributed by atoms with E-state index in [9.17, 15) is 18.3 Å². The third-order valence-electron chi connectivity index (χ3n) is 3.66. The summed E-state index contributed by atoms with van der Waals surface area (Å²) < 4.78 is 30.6. The molecule has 1 amide bonds. The molecule has 0 saturated heterocycles. The molecule has 0 fully saturated rings. The highest BCUT2D eigenvalue weighted by Gasteiger charge is 2.27. The van der Waals surface area contributed by atoms with Crippen LogP contribution in [0, 0.1) is 13.8 Å². The van der Waals surface area contributed by atoms with Gasteiger partial charge < -0.3 is 14.8 Å². The number of amides is 1. The maximum Gasteiger partial charge on any atom is 0.251 e. The van der Waals surface area contributed by atoms with Crippen LogP contribution >= 0.6 is 0 Å². The summed E-state index contributed by atoms with van der Waals surface area (Å²) in [6, 6.07) is 8.08. The average Bonchev–Trinajstić information content (AvgIpc) is 2.93. The average molecular weight is 366 g/mol. The number of sulfonamides is 1. The molecule has 3 N–H and O–H groups in total. The molecule has 1 aromatic heterocycles. The summed E-state index contributed by atoms with van der Waals surface area (Å²) in [5.41, 5.74) is -0.0468. The molecule has 1 heterocycles. The minimum Gasteiger partial charge on any atom is -0.463 e. The SMILES string of the molecule is Cc1ccc(C(C)(O)CNC(=O)c2ccc(C)c(NS(C)(=O)=O)c2)o1. The molecule has 2 aromatic rings. The zero-order chi connectivity index (χ0) is 18.8. The second-order valence-electron chi connectivity index (χ2n) is 6.27. The summed E-state index contributed by atoms with van der Waals surface area (Å²) in [5, 5.41) is 13.1. The molecular formula is C17H22N2O5S. The van der Waals surface area contributed by atoms with Crippen molar-refractivity contribution in [1.82, 2.24) is 5.32 Å². The lowest BCUT2D eigenvalue weighted by Gasteiger charge is -2.21. The van der Waals surface area contributed by atoms with Crippen LogP contribution in [0.1, 0.15) is 34.4 Å². The molecule has 0 spiro atoms. The first-order chi connectivity index (χ1) is 11.5. The van der Waals surface area contributed by atoms with Crippen molar-refractivity contribution in [1.29, 1.82) is 0 Å². The number of hydrogen-bond donors (Lipinski definition) is 3. The van der Waals surface area contributed by atoms with Gasteiger partial charge in [0.1, 0.15) is 17.1 Å². The van der Waals surface area contributed by atoms with Crippen LogP contribution in [0.3, 0.4) is 0 Å². The quantitative estimate of drug-likeness (QED) is 0.724. The van der Waals surface area contributed by atoms with Gasteiger partial charge in [0.2, 0.25) is 10.0 Å². The molecule has 136 valence electrons. The van der Waals surface area contributed by atoms with Crippen LogP contribution in [-0.4, -0.2) is 32.2 Å². The molecular weight excluding hydrogens is 344 g/mol. The van der Waals surface area contributed by atoms with Gasteiger partial charge in [0.25, 0.3) is 5.91 Å². The fourth-order valence-electron chi connectivity index (χ4n) is 2.24. The van der Waals surface area contributed by atoms with E-state index in [0.717, 1.165) is 6.26 Å². The van der Waals surface area contributed by atoms with Crippen molar-refractivity contribution in [2.24, 2.45) is 0 Å². The summed E-state index contributed by atoms with van der Waals surface area (Å²) in [6.07, 6.45) is 1.04. The Balaban J connectivity index is 2.12. The second kappa shape index (κ2) is 6.89. The van der Waals surface area contributed by atoms with Crippen molar-refractivity contribution in [3.8, 4) is 0 Å². The van der Waals surface area contributed by atoms with Gasteiger partial charge in [0, 0.05) is 5.56 Å². The van der Waals surface area contributed by atoms with Crippen molar-refractivity contribution in [3.63, 3.8) is 0 Å². The number of hydrogen-bond acceptors (Lipinski definition) is 5. The third-order valence-corrected chi connectivity index (χ3v) is 4.25. The molecule has 25 heavy (non-hydrogen) atoms. The Hall–Kier alpha value is -2.32. The first kappa shape index (κ1) is 19.0. The Labute approximate surface area is 147 Å². The van der Waals surface area contributed by atoms with E-state index >= 15 is 0 Å². The number of aliphatic hydroxyl groups is 1. The summed E-state index contributed by atoms with van der Waals surface area (Å²) in [4.78, 5) is 12.3. The Bertz CT molecular complexity index is 884. The first-order valence-electron chi connectivity index (χ1n) is 7.64. The molecule has 1 unspecified atom stereocenters. The van der Waals surface area contributed by atoms with E-state index in [1.807, 2.05) is 0 Å². The highest BCUT2D eigenvalue weighted by Crippen LogP contribution is 2.22. The summed E-state index contributed by atoms with van der Waals surface area (Å²) >= 11 is 0. The van der Waals surface area contributed by atoms with Gasteiger partial charge in [-0.15, -0.1) is 0 Å². The predicted molar refractivity (Wildman–Crippen MR) is 95.0 cm³/mol. The molecule has 1 aromatic carbocycles. The minimum absolute atomic E-state index is 0.0541. The van der Waals surface area contributed by atoms with Gasteiger partial charge >= 0.3 is 0 Å². The molecule has 7 nitrogen and oxygen atoms in total. The molecule has 0 saturated carbocycles. The minimum atomic E-state index is -3.45. The van der Waals surface area contributed by atoms with Gasteiger partial charge in [-0.1, -0.05) is 6.07 Å². The standard InChI is InChI=1S/C17H22N2O5S/c1-11-5-7-13(9-14(11)19-25(4,22)23)16(20)18-10-17(3,21)15-8-6-12(2)24-15/h5-9,19,21H,10H2,1-4H3,(H,18,20). The summed E-state index contributed by atoms with van der Waals surface area (Å²) in [6.45, 7) is 4.98. The molecule has 1 atom stereocenters. The number of aryl methyl sites for hydroxylation is 2. The van der Waals surface area contributed by atoms with Gasteiger partial charge in [-0.25, -0.2) is 8.42 Å². The third kappa shape index (κ3) is 5.07. The highest BCUT2D eigenvalue weighted by atomic mass is 32.2. The normalized spacial score (nSPS) is 14.0. The molecule has 0 bridgehead atoms. The summed E-state index contributed by atoms with van der Waals surface area (Å²) in [7, 11) is -3.45. The van der Waals surface area contributed by atoms with Crippen molar-refractivity contribution in [3.05, 3.63) is 53.0 Å². The lowest BCUT2D eigenvalue weighted by atomic mass is 10.0. The highest BCUT2D eigenvalue weighted by molar-refractivity contribution is 7.92. The topological polar surface area (TPSA) is 109 Å². The number of carbonyl (C=O) groups excluding carboxylic acids is 1. The smallest absolute Gasteiger partial charge is 0.251 e. The largest absolute Gasteiger partial charge is 0.463 e. The van der Waals surface area contributed by atoms with Gasteiger partial charge in [-0.05, 0) is 50.6 Å². The number of rotatable bonds is 6. The van der Waals surface area contributed by atoms with E-state index in [1.165, 1.54) is 13.0 Å². The van der Waals surface area contributed by atoms with Crippen molar-refractivity contribution in [2.75, 3.05) is 17.5 Å². The van der Waals surface area contributed by atoms with E-state index < -0.39 is 21.5 Å². The fraction of sp³-hybridized carbons (Fsp3) is 0.353. The van der Waals surface area contributed by atoms with Gasteiger partial charge in [0.05, 0.1) is 18.5 Å². The van der Waals surface area contributed by atoms with Crippen molar-refractivity contribution >= 4 is 21.6 Å². The van der Waals surface area contributed by atoms with Gasteiger partial charge in [-0.2, -0.15) is 0 Å². The van der Waals surface area contributed by atoms with Crippen LogP contribution < -0.4 is 10.0 Å². The number of benzene rings is 1. The molecule has 0 aliphatic rings. The van der Waals surface area contributed by atoms with Crippen LogP contribution in [0.15, 0.2) is 34.7 Å². The predicted octanol–water partition coefficient (Wildman–Crippen LogP) is 1.91. The maximum absolute atomic E-state index is 12.3. The van der Waals surface area contributed by atoms with Crippen LogP contribution in [-0.2, 0) is 15.6 Å². The fourth-order valence-corrected chi connectivity index (χ4v) is 2.86. The molecule has 2 rings (SSSR count). The molecule has 0 radical (unpaired) electrons. The first-order valence-corrected chi connectivity index (χ1v) is 9.53.